The summed E-state index contributed by atoms with van der Waals surface area (Å²) < 4.78 is 6.10. The fourth-order valence-electron chi connectivity index (χ4n) is 3.50. The molecule has 1 atom stereocenters. The molecule has 0 spiro atoms. The first-order valence-electron chi connectivity index (χ1n) is 9.40. The van der Waals surface area contributed by atoms with Crippen LogP contribution in [-0.2, 0) is 11.2 Å². The normalized spacial score (nSPS) is 16.4. The SMILES string of the molecule is CCc1ccccc1N1C(S)=C(C#N)C(=O)NC1c1ccc(-c2cccc(Cl)c2)o1. The molecule has 1 aromatic heterocycles. The number of aryl methyl sites for hydroxylation is 1. The number of halogens is 1. The zero-order valence-electron chi connectivity index (χ0n) is 16.1. The highest BCUT2D eigenvalue weighted by Gasteiger charge is 2.36. The monoisotopic (exact) mass is 435 g/mol. The minimum Gasteiger partial charge on any atom is -0.457 e. The Bertz CT molecular complexity index is 1190. The minimum absolute atomic E-state index is 0.0397. The van der Waals surface area contributed by atoms with Gasteiger partial charge in [0.05, 0.1) is 5.03 Å². The molecule has 1 unspecified atom stereocenters. The molecule has 30 heavy (non-hydrogen) atoms. The van der Waals surface area contributed by atoms with Crippen LogP contribution in [0.15, 0.2) is 75.7 Å². The summed E-state index contributed by atoms with van der Waals surface area (Å²) in [6, 6.07) is 20.8. The highest BCUT2D eigenvalue weighted by atomic mass is 35.5. The van der Waals surface area contributed by atoms with Gasteiger partial charge in [-0.1, -0.05) is 48.9 Å². The first kappa shape index (κ1) is 20.1. The second-order valence-corrected chi connectivity index (χ2v) is 7.61. The average Bonchev–Trinajstić information content (AvgIpc) is 3.24. The van der Waals surface area contributed by atoms with Crippen molar-refractivity contribution in [3.05, 3.63) is 87.6 Å². The Kier molecular flexibility index (Phi) is 5.58. The smallest absolute Gasteiger partial charge is 0.266 e. The number of carbonyl (C=O) groups is 1. The molecular formula is C23H18ClN3O2S. The molecule has 0 saturated carbocycles. The molecule has 0 bridgehead atoms. The van der Waals surface area contributed by atoms with E-state index in [4.69, 9.17) is 16.0 Å². The standard InChI is InChI=1S/C23H18ClN3O2S/c1-2-14-6-3-4-9-18(14)27-21(26-22(28)17(13-25)23(27)30)20-11-10-19(29-20)15-7-5-8-16(24)12-15/h3-12,21,30H,2H2,1H3,(H,26,28). The molecule has 5 nitrogen and oxygen atoms in total. The third-order valence-electron chi connectivity index (χ3n) is 4.95. The van der Waals surface area contributed by atoms with Gasteiger partial charge in [0.25, 0.3) is 5.91 Å². The second-order valence-electron chi connectivity index (χ2n) is 6.75. The van der Waals surface area contributed by atoms with E-state index in [2.05, 4.69) is 17.9 Å². The number of carbonyl (C=O) groups excluding carboxylic acids is 1. The summed E-state index contributed by atoms with van der Waals surface area (Å²) in [4.78, 5) is 14.4. The third kappa shape index (κ3) is 3.58. The van der Waals surface area contributed by atoms with Crippen LogP contribution in [0, 0.1) is 11.3 Å². The van der Waals surface area contributed by atoms with Gasteiger partial charge in [0, 0.05) is 16.3 Å². The number of nitrogens with zero attached hydrogens (tertiary/aromatic N) is 2. The number of benzene rings is 2. The van der Waals surface area contributed by atoms with Crippen LogP contribution in [0.2, 0.25) is 5.02 Å². The first-order valence-corrected chi connectivity index (χ1v) is 10.2. The van der Waals surface area contributed by atoms with Crippen molar-refractivity contribution in [3.8, 4) is 17.4 Å². The van der Waals surface area contributed by atoms with Crippen molar-refractivity contribution in [1.29, 1.82) is 5.26 Å². The van der Waals surface area contributed by atoms with E-state index in [1.54, 1.807) is 12.1 Å². The number of nitrogens with one attached hydrogen (secondary N) is 1. The van der Waals surface area contributed by atoms with E-state index in [-0.39, 0.29) is 10.6 Å². The van der Waals surface area contributed by atoms with Crippen LogP contribution in [0.5, 0.6) is 0 Å². The summed E-state index contributed by atoms with van der Waals surface area (Å²) in [5.41, 5.74) is 2.70. The predicted molar refractivity (Wildman–Crippen MR) is 120 cm³/mol. The van der Waals surface area contributed by atoms with E-state index in [9.17, 15) is 10.1 Å². The molecule has 0 fully saturated rings. The first-order chi connectivity index (χ1) is 14.5. The van der Waals surface area contributed by atoms with E-state index in [1.807, 2.05) is 66.4 Å². The summed E-state index contributed by atoms with van der Waals surface area (Å²) in [6.07, 6.45) is 0.130. The van der Waals surface area contributed by atoms with Gasteiger partial charge in [-0.15, -0.1) is 12.6 Å². The van der Waals surface area contributed by atoms with E-state index in [1.165, 1.54) is 0 Å². The minimum atomic E-state index is -0.650. The molecule has 7 heteroatoms. The number of furan rings is 1. The highest BCUT2D eigenvalue weighted by Crippen LogP contribution is 2.39. The van der Waals surface area contributed by atoms with Crippen LogP contribution in [0.25, 0.3) is 11.3 Å². The Hall–Kier alpha value is -3.14. The summed E-state index contributed by atoms with van der Waals surface area (Å²) in [5.74, 6) is 0.660. The van der Waals surface area contributed by atoms with Gasteiger partial charge in [0.1, 0.15) is 23.2 Å². The Balaban J connectivity index is 1.83. The van der Waals surface area contributed by atoms with E-state index in [0.29, 0.717) is 16.5 Å². The molecule has 1 amide bonds. The predicted octanol–water partition coefficient (Wildman–Crippen LogP) is 5.46. The lowest BCUT2D eigenvalue weighted by Crippen LogP contribution is -2.46. The molecular weight excluding hydrogens is 418 g/mol. The Labute approximate surface area is 185 Å². The summed E-state index contributed by atoms with van der Waals surface area (Å²) in [7, 11) is 0. The summed E-state index contributed by atoms with van der Waals surface area (Å²) in [6.45, 7) is 2.05. The van der Waals surface area contributed by atoms with Gasteiger partial charge in [0.15, 0.2) is 6.17 Å². The van der Waals surface area contributed by atoms with Crippen molar-refractivity contribution < 1.29 is 9.21 Å². The fraction of sp³-hybridized carbons (Fsp3) is 0.130. The molecule has 1 N–H and O–H groups in total. The lowest BCUT2D eigenvalue weighted by molar-refractivity contribution is -0.118. The molecule has 4 rings (SSSR count). The van der Waals surface area contributed by atoms with Crippen LogP contribution < -0.4 is 10.2 Å². The molecule has 1 aliphatic heterocycles. The Morgan fingerprint density at radius 1 is 1.20 bits per heavy atom. The second kappa shape index (κ2) is 8.31. The molecule has 2 aromatic carbocycles. The number of anilines is 1. The molecule has 0 saturated heterocycles. The zero-order chi connectivity index (χ0) is 21.3. The van der Waals surface area contributed by atoms with Gasteiger partial charge in [-0.2, -0.15) is 5.26 Å². The molecule has 2 heterocycles. The number of rotatable bonds is 4. The molecule has 3 aromatic rings. The van der Waals surface area contributed by atoms with Gasteiger partial charge in [-0.05, 0) is 42.3 Å². The molecule has 0 aliphatic carbocycles. The summed E-state index contributed by atoms with van der Waals surface area (Å²) >= 11 is 10.7. The maximum absolute atomic E-state index is 12.5. The van der Waals surface area contributed by atoms with E-state index >= 15 is 0 Å². The number of nitriles is 1. The topological polar surface area (TPSA) is 69.3 Å². The van der Waals surface area contributed by atoms with Gasteiger partial charge < -0.3 is 14.6 Å². The molecule has 1 aliphatic rings. The number of para-hydroxylation sites is 1. The van der Waals surface area contributed by atoms with Crippen LogP contribution in [-0.4, -0.2) is 5.91 Å². The fourth-order valence-corrected chi connectivity index (χ4v) is 4.06. The molecule has 150 valence electrons. The molecule has 0 radical (unpaired) electrons. The number of amides is 1. The van der Waals surface area contributed by atoms with Crippen molar-refractivity contribution in [2.75, 3.05) is 4.90 Å². The zero-order valence-corrected chi connectivity index (χ0v) is 17.7. The Morgan fingerprint density at radius 2 is 2.00 bits per heavy atom. The number of hydrogen-bond acceptors (Lipinski definition) is 5. The van der Waals surface area contributed by atoms with Crippen molar-refractivity contribution in [3.63, 3.8) is 0 Å². The van der Waals surface area contributed by atoms with Crippen LogP contribution in [0.4, 0.5) is 5.69 Å². The average molecular weight is 436 g/mol. The van der Waals surface area contributed by atoms with Gasteiger partial charge in [-0.25, -0.2) is 0 Å². The van der Waals surface area contributed by atoms with Crippen LogP contribution in [0.1, 0.15) is 24.4 Å². The van der Waals surface area contributed by atoms with Gasteiger partial charge >= 0.3 is 0 Å². The van der Waals surface area contributed by atoms with Crippen molar-refractivity contribution in [2.45, 2.75) is 19.5 Å². The van der Waals surface area contributed by atoms with E-state index < -0.39 is 12.1 Å². The Morgan fingerprint density at radius 3 is 2.73 bits per heavy atom. The van der Waals surface area contributed by atoms with Crippen LogP contribution >= 0.6 is 24.2 Å². The van der Waals surface area contributed by atoms with Crippen molar-refractivity contribution >= 4 is 35.8 Å². The largest absolute Gasteiger partial charge is 0.457 e. The summed E-state index contributed by atoms with van der Waals surface area (Å²) in [5, 5.41) is 13.2. The highest BCUT2D eigenvalue weighted by molar-refractivity contribution is 7.84. The lowest BCUT2D eigenvalue weighted by Gasteiger charge is -2.37. The lowest BCUT2D eigenvalue weighted by atomic mass is 10.1. The maximum Gasteiger partial charge on any atom is 0.266 e. The van der Waals surface area contributed by atoms with Gasteiger partial charge in [-0.3, -0.25) is 4.79 Å². The third-order valence-corrected chi connectivity index (χ3v) is 5.63. The van der Waals surface area contributed by atoms with Crippen molar-refractivity contribution in [2.24, 2.45) is 0 Å². The van der Waals surface area contributed by atoms with Crippen LogP contribution in [0.3, 0.4) is 0 Å². The van der Waals surface area contributed by atoms with E-state index in [0.717, 1.165) is 23.2 Å². The maximum atomic E-state index is 12.5. The number of hydrogen-bond donors (Lipinski definition) is 2. The van der Waals surface area contributed by atoms with Crippen molar-refractivity contribution in [1.82, 2.24) is 5.32 Å². The quantitative estimate of drug-likeness (QED) is 0.534. The number of thiol groups is 1. The van der Waals surface area contributed by atoms with Gasteiger partial charge in [0.2, 0.25) is 0 Å².